The first-order valence-electron chi connectivity index (χ1n) is 6.96. The summed E-state index contributed by atoms with van der Waals surface area (Å²) in [4.78, 5) is 2.22. The molecule has 0 fully saturated rings. The maximum absolute atomic E-state index is 9.01. The van der Waals surface area contributed by atoms with Crippen LogP contribution >= 0.6 is 0 Å². The largest absolute Gasteiger partial charge is 0.487 e. The van der Waals surface area contributed by atoms with E-state index in [0.717, 1.165) is 29.2 Å². The van der Waals surface area contributed by atoms with Crippen molar-refractivity contribution in [2.24, 2.45) is 0 Å². The minimum atomic E-state index is 0.110. The molecule has 3 rings (SSSR count). The number of anilines is 2. The van der Waals surface area contributed by atoms with Crippen LogP contribution in [0.15, 0.2) is 42.5 Å². The lowest BCUT2D eigenvalue weighted by atomic mass is 10.1. The van der Waals surface area contributed by atoms with Crippen molar-refractivity contribution < 1.29 is 4.74 Å². The summed E-state index contributed by atoms with van der Waals surface area (Å²) in [6.07, 6.45) is 0.110. The van der Waals surface area contributed by atoms with Crippen molar-refractivity contribution in [3.05, 3.63) is 53.6 Å². The molecule has 0 saturated heterocycles. The Hall–Kier alpha value is -2.67. The van der Waals surface area contributed by atoms with Gasteiger partial charge in [-0.05, 0) is 36.8 Å². The van der Waals surface area contributed by atoms with Crippen LogP contribution in [-0.2, 0) is 6.54 Å². The van der Waals surface area contributed by atoms with Crippen molar-refractivity contribution in [1.29, 1.82) is 5.26 Å². The molecule has 106 valence electrons. The lowest BCUT2D eigenvalue weighted by Crippen LogP contribution is -2.38. The van der Waals surface area contributed by atoms with Crippen LogP contribution in [0.25, 0.3) is 0 Å². The third-order valence-corrected chi connectivity index (χ3v) is 3.58. The summed E-state index contributed by atoms with van der Waals surface area (Å²) in [5.74, 6) is 0.824. The fourth-order valence-electron chi connectivity index (χ4n) is 2.73. The maximum Gasteiger partial charge on any atom is 0.145 e. The smallest absolute Gasteiger partial charge is 0.145 e. The topological polar surface area (TPSA) is 62.3 Å². The monoisotopic (exact) mass is 279 g/mol. The minimum absolute atomic E-state index is 0.110. The number of hydrogen-bond acceptors (Lipinski definition) is 4. The summed E-state index contributed by atoms with van der Waals surface area (Å²) in [6, 6.07) is 15.6. The van der Waals surface area contributed by atoms with E-state index in [1.807, 2.05) is 49.4 Å². The molecular weight excluding hydrogens is 262 g/mol. The molecule has 4 nitrogen and oxygen atoms in total. The van der Waals surface area contributed by atoms with E-state index in [4.69, 9.17) is 15.7 Å². The highest BCUT2D eigenvalue weighted by Gasteiger charge is 2.24. The van der Waals surface area contributed by atoms with Crippen LogP contribution in [0.2, 0.25) is 0 Å². The normalized spacial score (nSPS) is 16.8. The van der Waals surface area contributed by atoms with E-state index in [1.54, 1.807) is 0 Å². The molecule has 1 heterocycles. The van der Waals surface area contributed by atoms with Gasteiger partial charge < -0.3 is 15.4 Å². The van der Waals surface area contributed by atoms with Crippen molar-refractivity contribution >= 4 is 11.4 Å². The van der Waals surface area contributed by atoms with E-state index in [9.17, 15) is 0 Å². The van der Waals surface area contributed by atoms with E-state index in [1.165, 1.54) is 0 Å². The molecule has 0 spiro atoms. The van der Waals surface area contributed by atoms with E-state index in [0.29, 0.717) is 12.1 Å². The van der Waals surface area contributed by atoms with Crippen LogP contribution < -0.4 is 15.4 Å². The van der Waals surface area contributed by atoms with Gasteiger partial charge in [0.25, 0.3) is 0 Å². The summed E-state index contributed by atoms with van der Waals surface area (Å²) < 4.78 is 5.85. The first kappa shape index (κ1) is 13.3. The predicted molar refractivity (Wildman–Crippen MR) is 83.2 cm³/mol. The molecule has 2 aromatic rings. The molecule has 0 aliphatic carbocycles. The second-order valence-electron chi connectivity index (χ2n) is 5.32. The Morgan fingerprint density at radius 3 is 2.95 bits per heavy atom. The second kappa shape index (κ2) is 5.37. The molecule has 1 aliphatic rings. The molecule has 1 aliphatic heterocycles. The molecule has 1 unspecified atom stereocenters. The molecule has 4 heteroatoms. The first-order valence-corrected chi connectivity index (χ1v) is 6.96. The summed E-state index contributed by atoms with van der Waals surface area (Å²) in [5.41, 5.74) is 9.54. The first-order chi connectivity index (χ1) is 10.2. The van der Waals surface area contributed by atoms with E-state index in [-0.39, 0.29) is 6.10 Å². The van der Waals surface area contributed by atoms with Crippen molar-refractivity contribution in [2.75, 3.05) is 17.2 Å². The van der Waals surface area contributed by atoms with Crippen LogP contribution in [0, 0.1) is 11.3 Å². The maximum atomic E-state index is 9.01. The van der Waals surface area contributed by atoms with E-state index < -0.39 is 0 Å². The lowest BCUT2D eigenvalue weighted by molar-refractivity contribution is 0.212. The van der Waals surface area contributed by atoms with Gasteiger partial charge in [0.15, 0.2) is 0 Å². The zero-order valence-corrected chi connectivity index (χ0v) is 11.9. The highest BCUT2D eigenvalue weighted by atomic mass is 16.5. The van der Waals surface area contributed by atoms with Gasteiger partial charge in [-0.25, -0.2) is 0 Å². The van der Waals surface area contributed by atoms with Crippen LogP contribution in [0.1, 0.15) is 18.1 Å². The highest BCUT2D eigenvalue weighted by Crippen LogP contribution is 2.38. The summed E-state index contributed by atoms with van der Waals surface area (Å²) in [5, 5.41) is 9.01. The van der Waals surface area contributed by atoms with Gasteiger partial charge in [0.2, 0.25) is 0 Å². The van der Waals surface area contributed by atoms with Crippen molar-refractivity contribution in [1.82, 2.24) is 0 Å². The standard InChI is InChI=1S/C17H17N3O/c1-12-10-20(11-14-5-2-4-13(8-14)9-18)17-15(19)6-3-7-16(17)21-12/h2-8,12H,10-11,19H2,1H3. The Kier molecular flexibility index (Phi) is 3.41. The minimum Gasteiger partial charge on any atom is -0.487 e. The Balaban J connectivity index is 1.94. The lowest BCUT2D eigenvalue weighted by Gasteiger charge is -2.35. The molecule has 2 N–H and O–H groups in total. The van der Waals surface area contributed by atoms with Crippen molar-refractivity contribution in [3.8, 4) is 11.8 Å². The van der Waals surface area contributed by atoms with Gasteiger partial charge in [-0.1, -0.05) is 18.2 Å². The predicted octanol–water partition coefficient (Wildman–Crippen LogP) is 2.93. The highest BCUT2D eigenvalue weighted by molar-refractivity contribution is 5.75. The number of nitrogen functional groups attached to an aromatic ring is 1. The number of rotatable bonds is 2. The third kappa shape index (κ3) is 2.63. The SMILES string of the molecule is CC1CN(Cc2cccc(C#N)c2)c2c(N)cccc2O1. The van der Waals surface area contributed by atoms with Gasteiger partial charge in [0.05, 0.1) is 23.9 Å². The van der Waals surface area contributed by atoms with Gasteiger partial charge in [-0.15, -0.1) is 0 Å². The van der Waals surface area contributed by atoms with Crippen LogP contribution in [0.4, 0.5) is 11.4 Å². The number of benzene rings is 2. The number of nitriles is 1. The zero-order valence-electron chi connectivity index (χ0n) is 11.9. The average molecular weight is 279 g/mol. The molecule has 0 saturated carbocycles. The Morgan fingerprint density at radius 2 is 2.14 bits per heavy atom. The second-order valence-corrected chi connectivity index (χ2v) is 5.32. The van der Waals surface area contributed by atoms with Crippen LogP contribution in [0.5, 0.6) is 5.75 Å². The third-order valence-electron chi connectivity index (χ3n) is 3.58. The molecule has 2 aromatic carbocycles. The van der Waals surface area contributed by atoms with Gasteiger partial charge in [-0.3, -0.25) is 0 Å². The average Bonchev–Trinajstić information content (AvgIpc) is 2.47. The number of nitrogens with zero attached hydrogens (tertiary/aromatic N) is 2. The molecule has 0 radical (unpaired) electrons. The number of para-hydroxylation sites is 1. The Labute approximate surface area is 124 Å². The van der Waals surface area contributed by atoms with Crippen molar-refractivity contribution in [3.63, 3.8) is 0 Å². The molecule has 0 aromatic heterocycles. The van der Waals surface area contributed by atoms with Gasteiger partial charge in [0, 0.05) is 6.54 Å². The fraction of sp³-hybridized carbons (Fsp3) is 0.235. The molecule has 0 bridgehead atoms. The van der Waals surface area contributed by atoms with E-state index >= 15 is 0 Å². The van der Waals surface area contributed by atoms with E-state index in [2.05, 4.69) is 11.0 Å². The molecule has 1 atom stereocenters. The summed E-state index contributed by atoms with van der Waals surface area (Å²) in [7, 11) is 0. The number of ether oxygens (including phenoxy) is 1. The summed E-state index contributed by atoms with van der Waals surface area (Å²) >= 11 is 0. The number of hydrogen-bond donors (Lipinski definition) is 1. The molecule has 21 heavy (non-hydrogen) atoms. The number of fused-ring (bicyclic) bond motifs is 1. The molecular formula is C17H17N3O. The van der Waals surface area contributed by atoms with Crippen LogP contribution in [-0.4, -0.2) is 12.6 Å². The fourth-order valence-corrected chi connectivity index (χ4v) is 2.73. The zero-order chi connectivity index (χ0) is 14.8. The quantitative estimate of drug-likeness (QED) is 0.859. The molecule has 0 amide bonds. The van der Waals surface area contributed by atoms with Crippen LogP contribution in [0.3, 0.4) is 0 Å². The Morgan fingerprint density at radius 1 is 1.33 bits per heavy atom. The Bertz CT molecular complexity index is 705. The van der Waals surface area contributed by atoms with Crippen molar-refractivity contribution in [2.45, 2.75) is 19.6 Å². The van der Waals surface area contributed by atoms with Gasteiger partial charge in [-0.2, -0.15) is 5.26 Å². The number of nitrogens with two attached hydrogens (primary N) is 1. The van der Waals surface area contributed by atoms with Gasteiger partial charge in [0.1, 0.15) is 17.5 Å². The summed E-state index contributed by atoms with van der Waals surface area (Å²) in [6.45, 7) is 3.53. The van der Waals surface area contributed by atoms with Gasteiger partial charge >= 0.3 is 0 Å².